The standard InChI is InChI=1S/C36H50N4O4/c1-3-5-7-12-29(32(41)13-8-6-4-2)33(42)16-14-25-15-17-34(43)35(20-25)44-24-40-22-30-28(21-39-31(30)23-40)19-26-10-9-11-27(18-26)36(37)38/h9-11,15,17-18,20-21,23,29,32,36,41,43H,3-8,12-14,16,19,22,24,37-38H2,1-2H3/p+1. The summed E-state index contributed by atoms with van der Waals surface area (Å²) in [5.74, 6) is 0.306. The average molecular weight is 604 g/mol. The number of aromatic hydroxyl groups is 1. The van der Waals surface area contributed by atoms with E-state index in [0.29, 0.717) is 31.7 Å². The van der Waals surface area contributed by atoms with Crippen molar-refractivity contribution in [1.82, 2.24) is 0 Å². The molecule has 2 aromatic rings. The molecule has 3 unspecified atom stereocenters. The number of phenols is 1. The number of aliphatic hydroxyl groups is 1. The van der Waals surface area contributed by atoms with Crippen molar-refractivity contribution in [3.63, 3.8) is 0 Å². The number of unbranched alkanes of at least 4 members (excludes halogenated alkanes) is 4. The SMILES string of the molecule is CCCCCC(O)C(CCCCC)C(=O)CCc1ccc(O)c(OC[NH+]2C=C3N=CC(Cc4cccc(C(N)N)c4)=C3C2)c1. The highest BCUT2D eigenvalue weighted by atomic mass is 16.5. The first kappa shape index (κ1) is 33.6. The number of phenolic OH excluding ortho intramolecular Hbond substituents is 1. The fraction of sp³-hybridized carbons (Fsp3) is 0.500. The van der Waals surface area contributed by atoms with Crippen molar-refractivity contribution >= 4 is 12.0 Å². The number of quaternary nitrogens is 1. The summed E-state index contributed by atoms with van der Waals surface area (Å²) in [4.78, 5) is 19.0. The van der Waals surface area contributed by atoms with Crippen LogP contribution in [0.3, 0.4) is 0 Å². The van der Waals surface area contributed by atoms with Gasteiger partial charge in [0.1, 0.15) is 24.2 Å². The van der Waals surface area contributed by atoms with Gasteiger partial charge >= 0.3 is 0 Å². The summed E-state index contributed by atoms with van der Waals surface area (Å²) < 4.78 is 6.08. The van der Waals surface area contributed by atoms with Crippen molar-refractivity contribution in [3.05, 3.63) is 82.2 Å². The normalized spacial score (nSPS) is 17.2. The Bertz CT molecular complexity index is 1350. The summed E-state index contributed by atoms with van der Waals surface area (Å²) in [6, 6.07) is 13.3. The number of nitrogens with zero attached hydrogens (tertiary/aromatic N) is 1. The molecule has 2 aliphatic rings. The van der Waals surface area contributed by atoms with Crippen LogP contribution in [0, 0.1) is 5.92 Å². The molecular weight excluding hydrogens is 552 g/mol. The van der Waals surface area contributed by atoms with E-state index in [9.17, 15) is 15.0 Å². The van der Waals surface area contributed by atoms with Crippen molar-refractivity contribution < 1.29 is 24.6 Å². The van der Waals surface area contributed by atoms with E-state index in [4.69, 9.17) is 16.2 Å². The molecule has 8 heteroatoms. The molecule has 0 radical (unpaired) electrons. The van der Waals surface area contributed by atoms with Gasteiger partial charge in [0.05, 0.1) is 12.3 Å². The van der Waals surface area contributed by atoms with E-state index in [1.165, 1.54) is 11.1 Å². The largest absolute Gasteiger partial charge is 0.504 e. The lowest BCUT2D eigenvalue weighted by atomic mass is 9.86. The number of nitrogens with one attached hydrogen (secondary N) is 1. The molecule has 0 saturated heterocycles. The number of fused-ring (bicyclic) bond motifs is 1. The summed E-state index contributed by atoms with van der Waals surface area (Å²) in [7, 11) is 0. The van der Waals surface area contributed by atoms with Crippen molar-refractivity contribution in [1.29, 1.82) is 0 Å². The van der Waals surface area contributed by atoms with E-state index in [-0.39, 0.29) is 17.5 Å². The smallest absolute Gasteiger partial charge is 0.227 e. The Kier molecular flexibility index (Phi) is 12.7. The molecule has 0 saturated carbocycles. The van der Waals surface area contributed by atoms with Crippen LogP contribution >= 0.6 is 0 Å². The predicted octanol–water partition coefficient (Wildman–Crippen LogP) is 4.65. The van der Waals surface area contributed by atoms with Gasteiger partial charge in [0, 0.05) is 24.1 Å². The van der Waals surface area contributed by atoms with Gasteiger partial charge in [-0.3, -0.25) is 14.7 Å². The minimum atomic E-state index is -0.573. The summed E-state index contributed by atoms with van der Waals surface area (Å²) >= 11 is 0. The summed E-state index contributed by atoms with van der Waals surface area (Å²) in [6.45, 7) is 5.38. The molecule has 2 aliphatic heterocycles. The lowest BCUT2D eigenvalue weighted by molar-refractivity contribution is -0.855. The van der Waals surface area contributed by atoms with E-state index in [1.54, 1.807) is 6.07 Å². The number of hydrogen-bond donors (Lipinski definition) is 5. The number of rotatable bonds is 19. The van der Waals surface area contributed by atoms with Crippen LogP contribution in [0.1, 0.15) is 94.5 Å². The zero-order valence-corrected chi connectivity index (χ0v) is 26.4. The van der Waals surface area contributed by atoms with Crippen LogP contribution in [0.4, 0.5) is 0 Å². The molecule has 3 atom stereocenters. The highest BCUT2D eigenvalue weighted by Gasteiger charge is 2.29. The Labute approximate surface area is 262 Å². The molecule has 0 amide bonds. The van der Waals surface area contributed by atoms with Gasteiger partial charge in [-0.25, -0.2) is 0 Å². The lowest BCUT2D eigenvalue weighted by Crippen LogP contribution is -3.07. The number of aliphatic imine (C=N–C) groups is 1. The fourth-order valence-corrected chi connectivity index (χ4v) is 6.08. The third kappa shape index (κ3) is 9.35. The Balaban J connectivity index is 1.32. The zero-order valence-electron chi connectivity index (χ0n) is 26.4. The second kappa shape index (κ2) is 16.7. The van der Waals surface area contributed by atoms with Crippen molar-refractivity contribution in [2.24, 2.45) is 22.4 Å². The summed E-state index contributed by atoms with van der Waals surface area (Å²) in [5, 5.41) is 21.3. The van der Waals surface area contributed by atoms with Crippen LogP contribution in [-0.2, 0) is 17.6 Å². The molecule has 0 bridgehead atoms. The average Bonchev–Trinajstić information content (AvgIpc) is 3.59. The van der Waals surface area contributed by atoms with E-state index in [1.807, 2.05) is 36.5 Å². The maximum atomic E-state index is 13.2. The molecule has 0 fully saturated rings. The van der Waals surface area contributed by atoms with Gasteiger partial charge in [0.2, 0.25) is 6.73 Å². The first-order valence-electron chi connectivity index (χ1n) is 16.4. The Morgan fingerprint density at radius 3 is 2.55 bits per heavy atom. The maximum Gasteiger partial charge on any atom is 0.227 e. The predicted molar refractivity (Wildman–Crippen MR) is 175 cm³/mol. The molecule has 2 aromatic carbocycles. The minimum absolute atomic E-state index is 0.0752. The molecule has 8 nitrogen and oxygen atoms in total. The number of ketones is 1. The number of Topliss-reactive ketones (excluding diaryl/α,β-unsaturated/α-hetero) is 1. The highest BCUT2D eigenvalue weighted by molar-refractivity contribution is 5.87. The maximum absolute atomic E-state index is 13.2. The fourth-order valence-electron chi connectivity index (χ4n) is 6.08. The first-order valence-corrected chi connectivity index (χ1v) is 16.4. The molecule has 4 rings (SSSR count). The Hall–Kier alpha value is -3.30. The Morgan fingerprint density at radius 2 is 1.80 bits per heavy atom. The first-order chi connectivity index (χ1) is 21.3. The number of benzene rings is 2. The summed E-state index contributed by atoms with van der Waals surface area (Å²) in [5.41, 5.74) is 18.0. The van der Waals surface area contributed by atoms with Gasteiger partial charge in [-0.15, -0.1) is 0 Å². The van der Waals surface area contributed by atoms with E-state index in [2.05, 4.69) is 31.1 Å². The lowest BCUT2D eigenvalue weighted by Gasteiger charge is -2.22. The number of hydrogen-bond acceptors (Lipinski definition) is 7. The molecule has 0 aromatic heterocycles. The summed E-state index contributed by atoms with van der Waals surface area (Å²) in [6.07, 6.45) is 12.3. The Morgan fingerprint density at radius 1 is 1.02 bits per heavy atom. The van der Waals surface area contributed by atoms with Gasteiger partial charge in [-0.1, -0.05) is 82.7 Å². The van der Waals surface area contributed by atoms with E-state index >= 15 is 0 Å². The second-order valence-corrected chi connectivity index (χ2v) is 12.3. The van der Waals surface area contributed by atoms with Gasteiger partial charge in [0.15, 0.2) is 11.5 Å². The van der Waals surface area contributed by atoms with Gasteiger partial charge in [0.25, 0.3) is 0 Å². The van der Waals surface area contributed by atoms with Crippen LogP contribution in [0.15, 0.2) is 70.5 Å². The van der Waals surface area contributed by atoms with E-state index < -0.39 is 12.3 Å². The third-order valence-corrected chi connectivity index (χ3v) is 8.73. The number of nitrogens with two attached hydrogens (primary N) is 2. The number of aliphatic hydroxyl groups excluding tert-OH is 1. The van der Waals surface area contributed by atoms with Crippen LogP contribution in [0.5, 0.6) is 11.5 Å². The van der Waals surface area contributed by atoms with Gasteiger partial charge in [-0.2, -0.15) is 0 Å². The number of carbonyl (C=O) groups excluding carboxylic acids is 1. The molecule has 0 spiro atoms. The number of aryl methyl sites for hydroxylation is 1. The quantitative estimate of drug-likeness (QED) is 0.117. The van der Waals surface area contributed by atoms with Crippen LogP contribution < -0.4 is 21.1 Å². The number of ether oxygens (including phenoxy) is 1. The number of allylic oxidation sites excluding steroid dienone is 1. The minimum Gasteiger partial charge on any atom is -0.504 e. The molecular formula is C36H51N4O4+. The molecule has 238 valence electrons. The van der Waals surface area contributed by atoms with E-state index in [0.717, 1.165) is 85.2 Å². The van der Waals surface area contributed by atoms with Crippen molar-refractivity contribution in [3.8, 4) is 11.5 Å². The van der Waals surface area contributed by atoms with Crippen molar-refractivity contribution in [2.75, 3.05) is 13.3 Å². The molecule has 44 heavy (non-hydrogen) atoms. The topological polar surface area (TPSA) is 136 Å². The molecule has 0 aliphatic carbocycles. The zero-order chi connectivity index (χ0) is 31.5. The number of carbonyl (C=O) groups is 1. The van der Waals surface area contributed by atoms with Crippen LogP contribution in [-0.4, -0.2) is 41.6 Å². The van der Waals surface area contributed by atoms with Gasteiger partial charge < -0.3 is 26.4 Å². The molecule has 2 heterocycles. The van der Waals surface area contributed by atoms with Crippen LogP contribution in [0.25, 0.3) is 0 Å². The van der Waals surface area contributed by atoms with Crippen molar-refractivity contribution in [2.45, 2.75) is 96.7 Å². The van der Waals surface area contributed by atoms with Crippen LogP contribution in [0.2, 0.25) is 0 Å². The highest BCUT2D eigenvalue weighted by Crippen LogP contribution is 2.29. The second-order valence-electron chi connectivity index (χ2n) is 12.3. The molecule has 7 N–H and O–H groups in total. The monoisotopic (exact) mass is 603 g/mol. The van der Waals surface area contributed by atoms with Gasteiger partial charge in [-0.05, 0) is 60.1 Å². The third-order valence-electron chi connectivity index (χ3n) is 8.73.